The van der Waals surface area contributed by atoms with E-state index < -0.39 is 6.09 Å². The first-order valence-corrected chi connectivity index (χ1v) is 6.07. The van der Waals surface area contributed by atoms with Crippen LogP contribution in [0.1, 0.15) is 0 Å². The minimum absolute atomic E-state index is 0.485. The summed E-state index contributed by atoms with van der Waals surface area (Å²) in [5.41, 5.74) is 2.56. The maximum absolute atomic E-state index is 11.1. The van der Waals surface area contributed by atoms with Crippen molar-refractivity contribution < 1.29 is 14.3 Å². The number of carbonyl (C=O) groups excluding carboxylic acids is 1. The van der Waals surface area contributed by atoms with Gasteiger partial charge in [0, 0.05) is 17.1 Å². The van der Waals surface area contributed by atoms with Gasteiger partial charge in [-0.05, 0) is 48.5 Å². The summed E-state index contributed by atoms with van der Waals surface area (Å²) in [4.78, 5) is 11.1. The van der Waals surface area contributed by atoms with Crippen LogP contribution >= 0.6 is 0 Å². The predicted molar refractivity (Wildman–Crippen MR) is 78.7 cm³/mol. The van der Waals surface area contributed by atoms with Gasteiger partial charge in [-0.2, -0.15) is 0 Å². The number of nitrogens with one attached hydrogen (secondary N) is 2. The fourth-order valence-corrected chi connectivity index (χ4v) is 1.65. The second-order valence-corrected chi connectivity index (χ2v) is 4.05. The Hall–Kier alpha value is -2.69. The van der Waals surface area contributed by atoms with Crippen molar-refractivity contribution in [1.29, 1.82) is 0 Å². The van der Waals surface area contributed by atoms with Gasteiger partial charge in [-0.15, -0.1) is 0 Å². The maximum Gasteiger partial charge on any atom is 0.411 e. The summed E-state index contributed by atoms with van der Waals surface area (Å²) < 4.78 is 9.63. The Labute approximate surface area is 117 Å². The topological polar surface area (TPSA) is 59.6 Å². The van der Waals surface area contributed by atoms with Crippen molar-refractivity contribution in [3.8, 4) is 5.75 Å². The zero-order valence-corrected chi connectivity index (χ0v) is 11.3. The van der Waals surface area contributed by atoms with Crippen LogP contribution in [0.5, 0.6) is 5.75 Å². The zero-order chi connectivity index (χ0) is 14.4. The lowest BCUT2D eigenvalue weighted by molar-refractivity contribution is 0.187. The Balaban J connectivity index is 2.00. The lowest BCUT2D eigenvalue weighted by atomic mass is 10.2. The van der Waals surface area contributed by atoms with Crippen LogP contribution in [0.2, 0.25) is 0 Å². The largest absolute Gasteiger partial charge is 0.497 e. The molecule has 0 radical (unpaired) electrons. The lowest BCUT2D eigenvalue weighted by Crippen LogP contribution is -2.10. The quantitative estimate of drug-likeness (QED) is 0.892. The van der Waals surface area contributed by atoms with Crippen LogP contribution in [0.25, 0.3) is 0 Å². The molecule has 0 aromatic heterocycles. The number of hydrogen-bond donors (Lipinski definition) is 2. The van der Waals surface area contributed by atoms with Gasteiger partial charge in [0.15, 0.2) is 0 Å². The molecule has 0 heterocycles. The number of amides is 1. The smallest absolute Gasteiger partial charge is 0.411 e. The standard InChI is InChI=1S/C15H16N2O3/c1-19-14-9-7-12(8-10-14)16-11-3-5-13(6-4-11)17-15(18)20-2/h3-10,16H,1-2H3,(H,17,18). The van der Waals surface area contributed by atoms with Crippen molar-refractivity contribution in [2.75, 3.05) is 24.9 Å². The van der Waals surface area contributed by atoms with Crippen LogP contribution in [-0.2, 0) is 4.74 Å². The number of anilines is 3. The van der Waals surface area contributed by atoms with E-state index in [1.807, 2.05) is 36.4 Å². The van der Waals surface area contributed by atoms with E-state index in [4.69, 9.17) is 4.74 Å². The number of hydrogen-bond acceptors (Lipinski definition) is 4. The molecule has 5 heteroatoms. The first-order chi connectivity index (χ1) is 9.71. The molecular weight excluding hydrogens is 256 g/mol. The SMILES string of the molecule is COC(=O)Nc1ccc(Nc2ccc(OC)cc2)cc1. The molecule has 2 rings (SSSR count). The molecular formula is C15H16N2O3. The van der Waals surface area contributed by atoms with Crippen LogP contribution in [0.15, 0.2) is 48.5 Å². The molecule has 2 N–H and O–H groups in total. The Bertz CT molecular complexity index is 565. The molecule has 0 fully saturated rings. The van der Waals surface area contributed by atoms with Crippen LogP contribution in [-0.4, -0.2) is 20.3 Å². The molecule has 0 atom stereocenters. The van der Waals surface area contributed by atoms with Gasteiger partial charge in [0.2, 0.25) is 0 Å². The zero-order valence-electron chi connectivity index (χ0n) is 11.3. The van der Waals surface area contributed by atoms with Crippen molar-refractivity contribution in [1.82, 2.24) is 0 Å². The Morgan fingerprint density at radius 2 is 1.35 bits per heavy atom. The fraction of sp³-hybridized carbons (Fsp3) is 0.133. The first-order valence-electron chi connectivity index (χ1n) is 6.07. The van der Waals surface area contributed by atoms with Gasteiger partial charge >= 0.3 is 6.09 Å². The van der Waals surface area contributed by atoms with Crippen molar-refractivity contribution in [3.63, 3.8) is 0 Å². The average Bonchev–Trinajstić information content (AvgIpc) is 2.50. The molecule has 2 aromatic carbocycles. The summed E-state index contributed by atoms with van der Waals surface area (Å²) in [6.07, 6.45) is -0.485. The van der Waals surface area contributed by atoms with Crippen molar-refractivity contribution in [2.24, 2.45) is 0 Å². The minimum Gasteiger partial charge on any atom is -0.497 e. The van der Waals surface area contributed by atoms with E-state index in [0.717, 1.165) is 17.1 Å². The Morgan fingerprint density at radius 3 is 1.85 bits per heavy atom. The highest BCUT2D eigenvalue weighted by Crippen LogP contribution is 2.21. The molecule has 0 spiro atoms. The molecule has 2 aromatic rings. The Kier molecular flexibility index (Phi) is 4.44. The minimum atomic E-state index is -0.485. The van der Waals surface area contributed by atoms with Crippen molar-refractivity contribution in [2.45, 2.75) is 0 Å². The van der Waals surface area contributed by atoms with Crippen LogP contribution in [0.4, 0.5) is 21.9 Å². The highest BCUT2D eigenvalue weighted by Gasteiger charge is 2.00. The molecule has 1 amide bonds. The summed E-state index contributed by atoms with van der Waals surface area (Å²) in [6, 6.07) is 15.0. The van der Waals surface area contributed by atoms with Crippen LogP contribution < -0.4 is 15.4 Å². The predicted octanol–water partition coefficient (Wildman–Crippen LogP) is 3.62. The van der Waals surface area contributed by atoms with Gasteiger partial charge in [0.1, 0.15) is 5.75 Å². The number of carbonyl (C=O) groups is 1. The third-order valence-corrected chi connectivity index (χ3v) is 2.70. The number of benzene rings is 2. The number of methoxy groups -OCH3 is 2. The molecule has 0 saturated carbocycles. The van der Waals surface area contributed by atoms with Gasteiger partial charge in [-0.3, -0.25) is 5.32 Å². The van der Waals surface area contributed by atoms with Gasteiger partial charge in [-0.25, -0.2) is 4.79 Å². The summed E-state index contributed by atoms with van der Waals surface area (Å²) >= 11 is 0. The van der Waals surface area contributed by atoms with E-state index in [2.05, 4.69) is 15.4 Å². The molecule has 20 heavy (non-hydrogen) atoms. The van der Waals surface area contributed by atoms with Gasteiger partial charge in [0.05, 0.1) is 14.2 Å². The maximum atomic E-state index is 11.1. The van der Waals surface area contributed by atoms with E-state index in [-0.39, 0.29) is 0 Å². The van der Waals surface area contributed by atoms with E-state index in [9.17, 15) is 4.79 Å². The highest BCUT2D eigenvalue weighted by atomic mass is 16.5. The molecule has 104 valence electrons. The monoisotopic (exact) mass is 272 g/mol. The molecule has 0 aliphatic heterocycles. The van der Waals surface area contributed by atoms with Gasteiger partial charge in [-0.1, -0.05) is 0 Å². The molecule has 5 nitrogen and oxygen atoms in total. The summed E-state index contributed by atoms with van der Waals surface area (Å²) in [6.45, 7) is 0. The van der Waals surface area contributed by atoms with E-state index in [1.165, 1.54) is 7.11 Å². The second kappa shape index (κ2) is 6.47. The van der Waals surface area contributed by atoms with E-state index >= 15 is 0 Å². The van der Waals surface area contributed by atoms with Crippen molar-refractivity contribution in [3.05, 3.63) is 48.5 Å². The first kappa shape index (κ1) is 13.7. The molecule has 0 bridgehead atoms. The molecule has 0 aliphatic carbocycles. The van der Waals surface area contributed by atoms with E-state index in [0.29, 0.717) is 5.69 Å². The normalized spacial score (nSPS) is 9.70. The lowest BCUT2D eigenvalue weighted by Gasteiger charge is -2.09. The summed E-state index contributed by atoms with van der Waals surface area (Å²) in [5.74, 6) is 0.813. The third-order valence-electron chi connectivity index (χ3n) is 2.70. The van der Waals surface area contributed by atoms with Crippen molar-refractivity contribution >= 4 is 23.2 Å². The molecule has 0 saturated heterocycles. The average molecular weight is 272 g/mol. The molecule has 0 unspecified atom stereocenters. The highest BCUT2D eigenvalue weighted by molar-refractivity contribution is 5.84. The van der Waals surface area contributed by atoms with Crippen LogP contribution in [0, 0.1) is 0 Å². The third kappa shape index (κ3) is 3.65. The fourth-order valence-electron chi connectivity index (χ4n) is 1.65. The Morgan fingerprint density at radius 1 is 0.850 bits per heavy atom. The second-order valence-electron chi connectivity index (χ2n) is 4.05. The van der Waals surface area contributed by atoms with Gasteiger partial charge < -0.3 is 14.8 Å². The van der Waals surface area contributed by atoms with E-state index in [1.54, 1.807) is 19.2 Å². The number of ether oxygens (including phenoxy) is 2. The summed E-state index contributed by atoms with van der Waals surface area (Å²) in [7, 11) is 2.96. The summed E-state index contributed by atoms with van der Waals surface area (Å²) in [5, 5.41) is 5.84. The molecule has 0 aliphatic rings. The number of rotatable bonds is 4. The van der Waals surface area contributed by atoms with Crippen LogP contribution in [0.3, 0.4) is 0 Å². The van der Waals surface area contributed by atoms with Gasteiger partial charge in [0.25, 0.3) is 0 Å².